The maximum absolute atomic E-state index is 12.4. The van der Waals surface area contributed by atoms with Crippen molar-refractivity contribution in [1.29, 1.82) is 0 Å². The third-order valence-electron chi connectivity index (χ3n) is 4.01. The van der Waals surface area contributed by atoms with Gasteiger partial charge in [-0.1, -0.05) is 23.7 Å². The molecule has 1 fully saturated rings. The lowest BCUT2D eigenvalue weighted by Crippen LogP contribution is -2.50. The molecule has 8 heteroatoms. The molecule has 0 spiro atoms. The van der Waals surface area contributed by atoms with Gasteiger partial charge in [-0.15, -0.1) is 10.2 Å². The van der Waals surface area contributed by atoms with Gasteiger partial charge in [0.05, 0.1) is 10.7 Å². The number of anilines is 3. The number of benzene rings is 1. The van der Waals surface area contributed by atoms with E-state index in [9.17, 15) is 4.79 Å². The fraction of sp³-hybridized carbons (Fsp3) is 0.353. The molecule has 0 atom stereocenters. The molecule has 2 N–H and O–H groups in total. The van der Waals surface area contributed by atoms with E-state index in [0.717, 1.165) is 18.2 Å². The molecular formula is C17H21ClN6O. The Morgan fingerprint density at radius 1 is 1.12 bits per heavy atom. The molecule has 0 radical (unpaired) electrons. The Morgan fingerprint density at radius 3 is 2.52 bits per heavy atom. The number of hydrogen-bond acceptors (Lipinski definition) is 5. The lowest BCUT2D eigenvalue weighted by Gasteiger charge is -2.35. The molecule has 0 bridgehead atoms. The number of rotatable bonds is 4. The van der Waals surface area contributed by atoms with Gasteiger partial charge in [0.1, 0.15) is 5.82 Å². The second-order valence-electron chi connectivity index (χ2n) is 5.69. The number of nitrogens with zero attached hydrogens (tertiary/aromatic N) is 4. The highest BCUT2D eigenvalue weighted by atomic mass is 35.5. The van der Waals surface area contributed by atoms with Crippen LogP contribution < -0.4 is 15.5 Å². The summed E-state index contributed by atoms with van der Waals surface area (Å²) in [5, 5.41) is 14.9. The molecule has 1 aromatic heterocycles. The van der Waals surface area contributed by atoms with Crippen LogP contribution in [0.15, 0.2) is 36.4 Å². The van der Waals surface area contributed by atoms with E-state index in [0.29, 0.717) is 36.9 Å². The van der Waals surface area contributed by atoms with E-state index in [-0.39, 0.29) is 6.03 Å². The van der Waals surface area contributed by atoms with Crippen LogP contribution in [0.5, 0.6) is 0 Å². The highest BCUT2D eigenvalue weighted by Gasteiger charge is 2.22. The van der Waals surface area contributed by atoms with Gasteiger partial charge in [-0.25, -0.2) is 4.79 Å². The third-order valence-corrected chi connectivity index (χ3v) is 4.34. The largest absolute Gasteiger partial charge is 0.369 e. The number of para-hydroxylation sites is 1. The monoisotopic (exact) mass is 360 g/mol. The Kier molecular flexibility index (Phi) is 5.55. The first kappa shape index (κ1) is 17.3. The zero-order valence-corrected chi connectivity index (χ0v) is 14.8. The van der Waals surface area contributed by atoms with Crippen LogP contribution in [0.3, 0.4) is 0 Å². The molecule has 7 nitrogen and oxygen atoms in total. The molecule has 132 valence electrons. The smallest absolute Gasteiger partial charge is 0.322 e. The van der Waals surface area contributed by atoms with Crippen LogP contribution in [0.25, 0.3) is 0 Å². The van der Waals surface area contributed by atoms with E-state index < -0.39 is 0 Å². The van der Waals surface area contributed by atoms with E-state index in [1.54, 1.807) is 17.0 Å². The zero-order chi connectivity index (χ0) is 17.6. The molecule has 0 unspecified atom stereocenters. The van der Waals surface area contributed by atoms with Gasteiger partial charge < -0.3 is 20.4 Å². The Hall–Kier alpha value is -2.54. The number of aromatic nitrogens is 2. The summed E-state index contributed by atoms with van der Waals surface area (Å²) in [5.41, 5.74) is 0.626. The number of amides is 2. The first-order chi connectivity index (χ1) is 12.2. The Morgan fingerprint density at radius 2 is 1.88 bits per heavy atom. The highest BCUT2D eigenvalue weighted by Crippen LogP contribution is 2.21. The van der Waals surface area contributed by atoms with Crippen LogP contribution in [-0.2, 0) is 0 Å². The van der Waals surface area contributed by atoms with Crippen LogP contribution in [0.1, 0.15) is 6.92 Å². The fourth-order valence-corrected chi connectivity index (χ4v) is 2.85. The van der Waals surface area contributed by atoms with Crippen molar-refractivity contribution in [1.82, 2.24) is 15.1 Å². The molecule has 0 saturated carbocycles. The van der Waals surface area contributed by atoms with E-state index in [1.165, 1.54) is 0 Å². The van der Waals surface area contributed by atoms with Gasteiger partial charge in [-0.2, -0.15) is 0 Å². The number of urea groups is 1. The van der Waals surface area contributed by atoms with Crippen LogP contribution in [-0.4, -0.2) is 53.9 Å². The van der Waals surface area contributed by atoms with Gasteiger partial charge in [0, 0.05) is 32.7 Å². The fourth-order valence-electron chi connectivity index (χ4n) is 2.66. The summed E-state index contributed by atoms with van der Waals surface area (Å²) in [5.74, 6) is 1.59. The maximum atomic E-state index is 12.4. The van der Waals surface area contributed by atoms with Crippen molar-refractivity contribution in [3.8, 4) is 0 Å². The van der Waals surface area contributed by atoms with Gasteiger partial charge in [-0.3, -0.25) is 0 Å². The van der Waals surface area contributed by atoms with Gasteiger partial charge in [0.25, 0.3) is 0 Å². The zero-order valence-electron chi connectivity index (χ0n) is 14.1. The Balaban J connectivity index is 1.54. The summed E-state index contributed by atoms with van der Waals surface area (Å²) < 4.78 is 0. The van der Waals surface area contributed by atoms with Crippen molar-refractivity contribution in [2.24, 2.45) is 0 Å². The normalized spacial score (nSPS) is 14.3. The predicted octanol–water partition coefficient (Wildman–Crippen LogP) is 2.92. The van der Waals surface area contributed by atoms with Crippen molar-refractivity contribution in [3.63, 3.8) is 0 Å². The second kappa shape index (κ2) is 8.02. The predicted molar refractivity (Wildman–Crippen MR) is 100 cm³/mol. The van der Waals surface area contributed by atoms with Crippen LogP contribution in [0.2, 0.25) is 5.02 Å². The molecule has 1 saturated heterocycles. The van der Waals surface area contributed by atoms with E-state index in [4.69, 9.17) is 11.6 Å². The topological polar surface area (TPSA) is 73.4 Å². The third kappa shape index (κ3) is 4.30. The molecule has 3 rings (SSSR count). The van der Waals surface area contributed by atoms with Crippen molar-refractivity contribution >= 4 is 35.0 Å². The number of nitrogens with one attached hydrogen (secondary N) is 2. The average molecular weight is 361 g/mol. The molecule has 2 amide bonds. The lowest BCUT2D eigenvalue weighted by molar-refractivity contribution is 0.208. The van der Waals surface area contributed by atoms with Gasteiger partial charge >= 0.3 is 6.03 Å². The molecule has 1 aromatic carbocycles. The quantitative estimate of drug-likeness (QED) is 0.877. The lowest BCUT2D eigenvalue weighted by atomic mass is 10.3. The molecule has 25 heavy (non-hydrogen) atoms. The standard InChI is InChI=1S/C17H21ClN6O/c1-2-19-15-7-8-16(22-21-15)23-9-11-24(12-10-23)17(25)20-14-6-4-3-5-13(14)18/h3-8H,2,9-12H2,1H3,(H,19,21)(H,20,25). The maximum Gasteiger partial charge on any atom is 0.322 e. The Bertz CT molecular complexity index is 715. The van der Waals surface area contributed by atoms with Crippen molar-refractivity contribution in [2.75, 3.05) is 48.3 Å². The van der Waals surface area contributed by atoms with Gasteiger partial charge in [0.2, 0.25) is 0 Å². The van der Waals surface area contributed by atoms with Crippen LogP contribution in [0, 0.1) is 0 Å². The molecule has 1 aliphatic rings. The minimum absolute atomic E-state index is 0.138. The number of carbonyl (C=O) groups is 1. The molecule has 1 aliphatic heterocycles. The van der Waals surface area contributed by atoms with Crippen molar-refractivity contribution in [3.05, 3.63) is 41.4 Å². The highest BCUT2D eigenvalue weighted by molar-refractivity contribution is 6.33. The summed E-state index contributed by atoms with van der Waals surface area (Å²) in [4.78, 5) is 16.3. The van der Waals surface area contributed by atoms with Crippen molar-refractivity contribution < 1.29 is 4.79 Å². The van der Waals surface area contributed by atoms with E-state index >= 15 is 0 Å². The first-order valence-corrected chi connectivity index (χ1v) is 8.68. The summed E-state index contributed by atoms with van der Waals surface area (Å²) in [6.45, 7) is 5.49. The Labute approximate surface area is 152 Å². The first-order valence-electron chi connectivity index (χ1n) is 8.30. The minimum Gasteiger partial charge on any atom is -0.369 e. The number of carbonyl (C=O) groups excluding carboxylic acids is 1. The van der Waals surface area contributed by atoms with Crippen LogP contribution in [0.4, 0.5) is 22.1 Å². The molecule has 2 aromatic rings. The summed E-state index contributed by atoms with van der Waals surface area (Å²) in [6.07, 6.45) is 0. The number of hydrogen-bond donors (Lipinski definition) is 2. The molecule has 0 aliphatic carbocycles. The van der Waals surface area contributed by atoms with Gasteiger partial charge in [0.15, 0.2) is 5.82 Å². The molecule has 2 heterocycles. The van der Waals surface area contributed by atoms with Crippen LogP contribution >= 0.6 is 11.6 Å². The summed E-state index contributed by atoms with van der Waals surface area (Å²) >= 11 is 6.08. The van der Waals surface area contributed by atoms with E-state index in [1.807, 2.05) is 31.2 Å². The van der Waals surface area contributed by atoms with E-state index in [2.05, 4.69) is 25.7 Å². The van der Waals surface area contributed by atoms with Crippen molar-refractivity contribution in [2.45, 2.75) is 6.92 Å². The molecular weight excluding hydrogens is 340 g/mol. The second-order valence-corrected chi connectivity index (χ2v) is 6.10. The average Bonchev–Trinajstić information content (AvgIpc) is 2.65. The number of piperazine rings is 1. The minimum atomic E-state index is -0.138. The summed E-state index contributed by atoms with van der Waals surface area (Å²) in [7, 11) is 0. The summed E-state index contributed by atoms with van der Waals surface area (Å²) in [6, 6.07) is 10.9. The number of halogens is 1. The van der Waals surface area contributed by atoms with Gasteiger partial charge in [-0.05, 0) is 31.2 Å². The SMILES string of the molecule is CCNc1ccc(N2CCN(C(=O)Nc3ccccc3Cl)CC2)nn1.